The highest BCUT2D eigenvalue weighted by atomic mass is 19.1. The maximum Gasteiger partial charge on any atom is 0.143 e. The second-order valence-electron chi connectivity index (χ2n) is 6.67. The zero-order valence-electron chi connectivity index (χ0n) is 15.3. The van der Waals surface area contributed by atoms with E-state index in [1.165, 1.54) is 0 Å². The summed E-state index contributed by atoms with van der Waals surface area (Å²) in [6.07, 6.45) is -0.0948. The van der Waals surface area contributed by atoms with E-state index in [2.05, 4.69) is 0 Å². The first-order chi connectivity index (χ1) is 13.6. The molecule has 0 heterocycles. The highest BCUT2D eigenvalue weighted by Crippen LogP contribution is 2.51. The number of rotatable bonds is 4. The van der Waals surface area contributed by atoms with Crippen LogP contribution in [0.15, 0.2) is 42.5 Å². The van der Waals surface area contributed by atoms with Crippen LogP contribution in [0.3, 0.4) is 0 Å². The van der Waals surface area contributed by atoms with Gasteiger partial charge in [-0.05, 0) is 24.6 Å². The molecule has 3 rings (SSSR count). The fourth-order valence-corrected chi connectivity index (χ4v) is 3.73. The molecule has 6 N–H and O–H groups in total. The predicted molar refractivity (Wildman–Crippen MR) is 101 cm³/mol. The van der Waals surface area contributed by atoms with Gasteiger partial charge in [0.25, 0.3) is 0 Å². The molecule has 3 aromatic carbocycles. The number of anilines is 2. The van der Waals surface area contributed by atoms with Gasteiger partial charge in [0.15, 0.2) is 0 Å². The van der Waals surface area contributed by atoms with E-state index >= 15 is 0 Å². The third-order valence-corrected chi connectivity index (χ3v) is 5.05. The fourth-order valence-electron chi connectivity index (χ4n) is 3.73. The van der Waals surface area contributed by atoms with E-state index in [9.17, 15) is 27.8 Å². The minimum absolute atomic E-state index is 0.0948. The molecule has 0 atom stereocenters. The Morgan fingerprint density at radius 1 is 0.724 bits per heavy atom. The average molecular weight is 406 g/mol. The van der Waals surface area contributed by atoms with Crippen molar-refractivity contribution >= 4 is 11.4 Å². The zero-order chi connectivity index (χ0) is 21.5. The first-order valence-electron chi connectivity index (χ1n) is 8.64. The minimum Gasteiger partial charge on any atom is -0.505 e. The standard InChI is InChI=1S/C21H18F4N2O2/c1-2-21(13-4-3-10(22)7-16(13)25,14-5-11(23)8-17(26)19(14)28)15-6-12(24)9-18(27)20(15)29/h3-9,28-29H,2,26-27H2,1H3. The SMILES string of the molecule is CCC(c1ccc(F)cc1F)(c1cc(F)cc(N)c1O)c1cc(F)cc(N)c1O. The first-order valence-corrected chi connectivity index (χ1v) is 8.64. The third-order valence-electron chi connectivity index (χ3n) is 5.05. The van der Waals surface area contributed by atoms with Crippen LogP contribution in [0.25, 0.3) is 0 Å². The summed E-state index contributed by atoms with van der Waals surface area (Å²) in [6.45, 7) is 1.55. The van der Waals surface area contributed by atoms with Crippen molar-refractivity contribution in [1.29, 1.82) is 0 Å². The highest BCUT2D eigenvalue weighted by Gasteiger charge is 2.42. The van der Waals surface area contributed by atoms with Crippen molar-refractivity contribution in [2.45, 2.75) is 18.8 Å². The zero-order valence-corrected chi connectivity index (χ0v) is 15.3. The van der Waals surface area contributed by atoms with E-state index in [0.717, 1.165) is 36.4 Å². The van der Waals surface area contributed by atoms with Crippen LogP contribution < -0.4 is 11.5 Å². The molecule has 0 aliphatic carbocycles. The van der Waals surface area contributed by atoms with Crippen molar-refractivity contribution < 1.29 is 27.8 Å². The Morgan fingerprint density at radius 2 is 1.21 bits per heavy atom. The van der Waals surface area contributed by atoms with Gasteiger partial charge >= 0.3 is 0 Å². The van der Waals surface area contributed by atoms with Gasteiger partial charge in [0.2, 0.25) is 0 Å². The molecule has 0 amide bonds. The number of nitrogens with two attached hydrogens (primary N) is 2. The predicted octanol–water partition coefficient (Wildman–Crippen LogP) is 4.56. The smallest absolute Gasteiger partial charge is 0.143 e. The summed E-state index contributed by atoms with van der Waals surface area (Å²) in [6, 6.07) is 6.16. The van der Waals surface area contributed by atoms with E-state index in [4.69, 9.17) is 11.5 Å². The van der Waals surface area contributed by atoms with Crippen molar-refractivity contribution in [2.24, 2.45) is 0 Å². The van der Waals surface area contributed by atoms with Gasteiger partial charge < -0.3 is 21.7 Å². The lowest BCUT2D eigenvalue weighted by atomic mass is 9.66. The Labute approximate surface area is 164 Å². The Bertz CT molecular complexity index is 1050. The molecule has 0 unspecified atom stereocenters. The number of phenolic OH excluding ortho intramolecular Hbond substituents is 2. The maximum absolute atomic E-state index is 14.9. The molecular formula is C21H18F4N2O2. The molecule has 0 aliphatic heterocycles. The topological polar surface area (TPSA) is 92.5 Å². The van der Waals surface area contributed by atoms with Crippen molar-refractivity contribution in [3.8, 4) is 11.5 Å². The third kappa shape index (κ3) is 3.20. The van der Waals surface area contributed by atoms with E-state index in [1.54, 1.807) is 6.92 Å². The number of nitrogen functional groups attached to an aromatic ring is 2. The summed E-state index contributed by atoms with van der Waals surface area (Å²) in [5, 5.41) is 21.2. The second-order valence-corrected chi connectivity index (χ2v) is 6.67. The molecule has 0 aromatic heterocycles. The van der Waals surface area contributed by atoms with Crippen LogP contribution in [-0.4, -0.2) is 10.2 Å². The molecule has 8 heteroatoms. The van der Waals surface area contributed by atoms with Gasteiger partial charge in [0.05, 0.1) is 16.8 Å². The second kappa shape index (κ2) is 7.20. The summed E-state index contributed by atoms with van der Waals surface area (Å²) >= 11 is 0. The number of aromatic hydroxyl groups is 2. The van der Waals surface area contributed by atoms with E-state index in [0.29, 0.717) is 6.07 Å². The van der Waals surface area contributed by atoms with Gasteiger partial charge in [0.1, 0.15) is 34.8 Å². The molecular weight excluding hydrogens is 388 g/mol. The van der Waals surface area contributed by atoms with Gasteiger partial charge in [-0.2, -0.15) is 0 Å². The molecule has 0 saturated heterocycles. The van der Waals surface area contributed by atoms with Crippen LogP contribution in [0.4, 0.5) is 28.9 Å². The number of halogens is 4. The number of hydrogen-bond acceptors (Lipinski definition) is 4. The highest BCUT2D eigenvalue weighted by molar-refractivity contribution is 5.68. The van der Waals surface area contributed by atoms with Crippen molar-refractivity contribution in [1.82, 2.24) is 0 Å². The van der Waals surface area contributed by atoms with E-state index in [1.807, 2.05) is 0 Å². The Morgan fingerprint density at radius 3 is 1.62 bits per heavy atom. The Kier molecular flexibility index (Phi) is 5.04. The number of hydrogen-bond donors (Lipinski definition) is 4. The van der Waals surface area contributed by atoms with Crippen LogP contribution in [0.2, 0.25) is 0 Å². The van der Waals surface area contributed by atoms with Gasteiger partial charge in [0, 0.05) is 34.9 Å². The first kappa shape index (κ1) is 20.3. The lowest BCUT2D eigenvalue weighted by molar-refractivity contribution is 0.421. The number of phenols is 2. The van der Waals surface area contributed by atoms with Crippen molar-refractivity contribution in [3.63, 3.8) is 0 Å². The molecule has 0 aliphatic rings. The quantitative estimate of drug-likeness (QED) is 0.221. The Balaban J connectivity index is 2.55. The normalized spacial score (nSPS) is 11.6. The van der Waals surface area contributed by atoms with Gasteiger partial charge in [-0.25, -0.2) is 17.6 Å². The summed E-state index contributed by atoms with van der Waals surface area (Å²) in [5.41, 5.74) is 8.15. The molecule has 0 radical (unpaired) electrons. The van der Waals surface area contributed by atoms with Gasteiger partial charge in [-0.1, -0.05) is 13.0 Å². The molecule has 3 aromatic rings. The van der Waals surface area contributed by atoms with Gasteiger partial charge in [-0.15, -0.1) is 0 Å². The lowest BCUT2D eigenvalue weighted by Crippen LogP contribution is -2.31. The molecule has 152 valence electrons. The number of benzene rings is 3. The summed E-state index contributed by atoms with van der Waals surface area (Å²) in [7, 11) is 0. The van der Waals surface area contributed by atoms with Crippen LogP contribution >= 0.6 is 0 Å². The lowest BCUT2D eigenvalue weighted by Gasteiger charge is -2.36. The Hall–Kier alpha value is -3.42. The fraction of sp³-hybridized carbons (Fsp3) is 0.143. The van der Waals surface area contributed by atoms with Crippen LogP contribution in [0.5, 0.6) is 11.5 Å². The maximum atomic E-state index is 14.9. The molecule has 0 spiro atoms. The van der Waals surface area contributed by atoms with E-state index < -0.39 is 40.2 Å². The summed E-state index contributed by atoms with van der Waals surface area (Å²) < 4.78 is 56.9. The summed E-state index contributed by atoms with van der Waals surface area (Å²) in [4.78, 5) is 0. The molecule has 29 heavy (non-hydrogen) atoms. The van der Waals surface area contributed by atoms with Crippen molar-refractivity contribution in [3.05, 3.63) is 82.4 Å². The average Bonchev–Trinajstić information content (AvgIpc) is 2.64. The van der Waals surface area contributed by atoms with Crippen LogP contribution in [0, 0.1) is 23.3 Å². The molecule has 0 bridgehead atoms. The molecule has 4 nitrogen and oxygen atoms in total. The van der Waals surface area contributed by atoms with E-state index in [-0.39, 0.29) is 34.5 Å². The monoisotopic (exact) mass is 406 g/mol. The molecule has 0 fully saturated rings. The summed E-state index contributed by atoms with van der Waals surface area (Å²) in [5.74, 6) is -4.78. The van der Waals surface area contributed by atoms with Crippen molar-refractivity contribution in [2.75, 3.05) is 11.5 Å². The minimum atomic E-state index is -1.83. The van der Waals surface area contributed by atoms with Crippen LogP contribution in [-0.2, 0) is 5.41 Å². The van der Waals surface area contributed by atoms with Gasteiger partial charge in [-0.3, -0.25) is 0 Å². The molecule has 0 saturated carbocycles. The largest absolute Gasteiger partial charge is 0.505 e. The van der Waals surface area contributed by atoms with Crippen LogP contribution in [0.1, 0.15) is 30.0 Å².